The zero-order chi connectivity index (χ0) is 16.2. The molecule has 0 aliphatic heterocycles. The quantitative estimate of drug-likeness (QED) is 0.621. The van der Waals surface area contributed by atoms with Crippen LogP contribution in [0.3, 0.4) is 0 Å². The molecular weight excluding hydrogens is 300 g/mol. The van der Waals surface area contributed by atoms with Crippen LogP contribution in [0.2, 0.25) is 0 Å². The average molecular weight is 320 g/mol. The van der Waals surface area contributed by atoms with Crippen LogP contribution in [0.4, 0.5) is 0 Å². The number of hydrogen-bond donors (Lipinski definition) is 0. The summed E-state index contributed by atoms with van der Waals surface area (Å²) in [5.41, 5.74) is 0.659. The van der Waals surface area contributed by atoms with E-state index in [1.165, 1.54) is 32.4 Å². The van der Waals surface area contributed by atoms with Crippen LogP contribution in [0.15, 0.2) is 23.1 Å². The molecular formula is C17H20O4S. The number of sulfone groups is 1. The minimum atomic E-state index is -3.46. The second-order valence-electron chi connectivity index (χ2n) is 5.58. The topological polar surface area (TPSA) is 60.4 Å². The Morgan fingerprint density at radius 1 is 1.23 bits per heavy atom. The van der Waals surface area contributed by atoms with Crippen LogP contribution in [0.5, 0.6) is 0 Å². The van der Waals surface area contributed by atoms with E-state index in [-0.39, 0.29) is 10.5 Å². The van der Waals surface area contributed by atoms with Gasteiger partial charge in [-0.2, -0.15) is 0 Å². The largest absolute Gasteiger partial charge is 0.465 e. The first kappa shape index (κ1) is 16.6. The average Bonchev–Trinajstić information content (AvgIpc) is 2.52. The molecule has 1 aliphatic carbocycles. The first-order chi connectivity index (χ1) is 10.4. The molecule has 5 heteroatoms. The van der Waals surface area contributed by atoms with E-state index >= 15 is 0 Å². The van der Waals surface area contributed by atoms with Crippen molar-refractivity contribution < 1.29 is 17.9 Å². The summed E-state index contributed by atoms with van der Waals surface area (Å²) in [7, 11) is -2.20. The molecule has 0 bridgehead atoms. The van der Waals surface area contributed by atoms with Crippen molar-refractivity contribution in [1.82, 2.24) is 0 Å². The number of esters is 1. The molecule has 118 valence electrons. The Hall–Kier alpha value is -1.80. The number of ether oxygens (including phenoxy) is 1. The lowest BCUT2D eigenvalue weighted by Crippen LogP contribution is -2.07. The maximum absolute atomic E-state index is 11.9. The zero-order valence-corrected chi connectivity index (χ0v) is 13.7. The van der Waals surface area contributed by atoms with Gasteiger partial charge in [-0.3, -0.25) is 0 Å². The predicted octanol–water partition coefficient (Wildman–Crippen LogP) is 2.81. The highest BCUT2D eigenvalue weighted by Gasteiger charge is 2.17. The summed E-state index contributed by atoms with van der Waals surface area (Å²) in [5.74, 6) is 5.95. The highest BCUT2D eigenvalue weighted by Crippen LogP contribution is 2.23. The normalized spacial score (nSPS) is 15.7. The molecule has 1 aliphatic rings. The fourth-order valence-corrected chi connectivity index (χ4v) is 3.46. The summed E-state index contributed by atoms with van der Waals surface area (Å²) in [4.78, 5) is 11.6. The summed E-state index contributed by atoms with van der Waals surface area (Å²) in [6.45, 7) is 0. The van der Waals surface area contributed by atoms with Crippen LogP contribution in [0.25, 0.3) is 0 Å². The molecule has 0 unspecified atom stereocenters. The second-order valence-corrected chi connectivity index (χ2v) is 7.56. The maximum atomic E-state index is 11.9. The van der Waals surface area contributed by atoms with Gasteiger partial charge in [0.05, 0.1) is 17.6 Å². The van der Waals surface area contributed by atoms with Gasteiger partial charge >= 0.3 is 5.97 Å². The molecule has 0 N–H and O–H groups in total. The maximum Gasteiger partial charge on any atom is 0.337 e. The van der Waals surface area contributed by atoms with E-state index in [0.29, 0.717) is 11.5 Å². The zero-order valence-electron chi connectivity index (χ0n) is 12.9. The van der Waals surface area contributed by atoms with Crippen LogP contribution in [0, 0.1) is 17.8 Å². The Kier molecular flexibility index (Phi) is 5.25. The summed E-state index contributed by atoms with van der Waals surface area (Å²) in [5, 5.41) is 0. The SMILES string of the molecule is COC(=O)c1ccc(C#CC2CCCCC2)c(S(C)(=O)=O)c1. The summed E-state index contributed by atoms with van der Waals surface area (Å²) in [6.07, 6.45) is 6.87. The van der Waals surface area contributed by atoms with Gasteiger partial charge in [0.25, 0.3) is 0 Å². The minimum absolute atomic E-state index is 0.0821. The van der Waals surface area contributed by atoms with E-state index in [4.69, 9.17) is 0 Å². The molecule has 0 spiro atoms. The second kappa shape index (κ2) is 6.97. The Balaban J connectivity index is 2.38. The number of hydrogen-bond acceptors (Lipinski definition) is 4. The minimum Gasteiger partial charge on any atom is -0.465 e. The molecule has 1 aromatic carbocycles. The van der Waals surface area contributed by atoms with Crippen molar-refractivity contribution in [2.45, 2.75) is 37.0 Å². The number of methoxy groups -OCH3 is 1. The van der Waals surface area contributed by atoms with Crippen molar-refractivity contribution in [2.24, 2.45) is 5.92 Å². The van der Waals surface area contributed by atoms with Crippen molar-refractivity contribution in [3.05, 3.63) is 29.3 Å². The Morgan fingerprint density at radius 3 is 2.50 bits per heavy atom. The van der Waals surface area contributed by atoms with Crippen LogP contribution in [-0.4, -0.2) is 27.8 Å². The molecule has 0 aromatic heterocycles. The number of benzene rings is 1. The van der Waals surface area contributed by atoms with Gasteiger partial charge in [0, 0.05) is 17.7 Å². The third-order valence-corrected chi connectivity index (χ3v) is 4.96. The van der Waals surface area contributed by atoms with Crippen LogP contribution in [-0.2, 0) is 14.6 Å². The lowest BCUT2D eigenvalue weighted by Gasteiger charge is -2.15. The van der Waals surface area contributed by atoms with Gasteiger partial charge in [-0.15, -0.1) is 0 Å². The van der Waals surface area contributed by atoms with Crippen molar-refractivity contribution in [2.75, 3.05) is 13.4 Å². The molecule has 22 heavy (non-hydrogen) atoms. The monoisotopic (exact) mass is 320 g/mol. The van der Waals surface area contributed by atoms with Crippen LogP contribution >= 0.6 is 0 Å². The van der Waals surface area contributed by atoms with E-state index in [1.54, 1.807) is 12.1 Å². The highest BCUT2D eigenvalue weighted by molar-refractivity contribution is 7.90. The van der Waals surface area contributed by atoms with Crippen molar-refractivity contribution in [1.29, 1.82) is 0 Å². The van der Waals surface area contributed by atoms with Gasteiger partial charge in [-0.25, -0.2) is 13.2 Å². The Bertz CT molecular complexity index is 717. The van der Waals surface area contributed by atoms with Crippen LogP contribution in [0.1, 0.15) is 48.0 Å². The van der Waals surface area contributed by atoms with Gasteiger partial charge < -0.3 is 4.74 Å². The van der Waals surface area contributed by atoms with Gasteiger partial charge in [0.15, 0.2) is 9.84 Å². The van der Waals surface area contributed by atoms with Crippen molar-refractivity contribution in [3.63, 3.8) is 0 Å². The van der Waals surface area contributed by atoms with E-state index in [9.17, 15) is 13.2 Å². The molecule has 1 fully saturated rings. The van der Waals surface area contributed by atoms with Gasteiger partial charge in [0.2, 0.25) is 0 Å². The summed E-state index contributed by atoms with van der Waals surface area (Å²) in [6, 6.07) is 4.47. The van der Waals surface area contributed by atoms with Crippen LogP contribution < -0.4 is 0 Å². The van der Waals surface area contributed by atoms with E-state index in [2.05, 4.69) is 16.6 Å². The molecule has 4 nitrogen and oxygen atoms in total. The smallest absolute Gasteiger partial charge is 0.337 e. The number of carbonyl (C=O) groups excluding carboxylic acids is 1. The molecule has 2 rings (SSSR count). The molecule has 0 saturated heterocycles. The third kappa shape index (κ3) is 4.11. The van der Waals surface area contributed by atoms with Crippen molar-refractivity contribution in [3.8, 4) is 11.8 Å². The molecule has 0 heterocycles. The van der Waals surface area contributed by atoms with E-state index in [0.717, 1.165) is 19.1 Å². The fraction of sp³-hybridized carbons (Fsp3) is 0.471. The first-order valence-corrected chi connectivity index (χ1v) is 9.25. The molecule has 1 saturated carbocycles. The molecule has 1 aromatic rings. The molecule has 0 atom stereocenters. The lowest BCUT2D eigenvalue weighted by molar-refractivity contribution is 0.0600. The summed E-state index contributed by atoms with van der Waals surface area (Å²) < 4.78 is 28.5. The molecule has 0 radical (unpaired) electrons. The number of rotatable bonds is 2. The fourth-order valence-electron chi connectivity index (χ4n) is 2.60. The highest BCUT2D eigenvalue weighted by atomic mass is 32.2. The van der Waals surface area contributed by atoms with E-state index < -0.39 is 15.8 Å². The Labute approximate surface area is 131 Å². The summed E-state index contributed by atoms with van der Waals surface area (Å²) >= 11 is 0. The van der Waals surface area contributed by atoms with Gasteiger partial charge in [-0.05, 0) is 31.0 Å². The Morgan fingerprint density at radius 2 is 1.91 bits per heavy atom. The first-order valence-electron chi connectivity index (χ1n) is 7.36. The lowest BCUT2D eigenvalue weighted by atomic mass is 9.89. The predicted molar refractivity (Wildman–Crippen MR) is 84.3 cm³/mol. The van der Waals surface area contributed by atoms with Crippen molar-refractivity contribution >= 4 is 15.8 Å². The standard InChI is InChI=1S/C17H20O4S/c1-21-17(18)15-11-10-14(16(12-15)22(2,19)20)9-8-13-6-4-3-5-7-13/h10-13H,3-7H2,1-2H3. The number of carbonyl (C=O) groups is 1. The third-order valence-electron chi connectivity index (χ3n) is 3.82. The van der Waals surface area contributed by atoms with E-state index in [1.807, 2.05) is 0 Å². The van der Waals surface area contributed by atoms with Gasteiger partial charge in [0.1, 0.15) is 0 Å². The van der Waals surface area contributed by atoms with Gasteiger partial charge in [-0.1, -0.05) is 31.1 Å². The molecule has 0 amide bonds.